The number of ether oxygens (including phenoxy) is 1. The van der Waals surface area contributed by atoms with Gasteiger partial charge in [-0.2, -0.15) is 40.2 Å². The molecule has 21 heteroatoms. The van der Waals surface area contributed by atoms with Gasteiger partial charge in [0.1, 0.15) is 24.4 Å². The Morgan fingerprint density at radius 3 is 2.22 bits per heavy atom. The standard InChI is InChI=1S/C21H19F2N7O2.2C2HF3O2/c1-13-8-14(2-3-16-4-5-17-20(28-16)32-7-6-25-17)10-26-19(13)29-12-27-30(21(29)31)11-15(9-24)18(22)23;2*3-2(4,5)1(6)7/h4-5,8,10,12,25H,6-7,9,11,24H2,1H3;2*(H,6,7). The zero-order chi connectivity index (χ0) is 34.8. The summed E-state index contributed by atoms with van der Waals surface area (Å²) in [6.45, 7) is 2.29. The second-order valence-corrected chi connectivity index (χ2v) is 8.55. The van der Waals surface area contributed by atoms with Crippen LogP contribution >= 0.6 is 0 Å². The molecule has 46 heavy (non-hydrogen) atoms. The summed E-state index contributed by atoms with van der Waals surface area (Å²) < 4.78 is 96.8. The van der Waals surface area contributed by atoms with Crippen LogP contribution in [0.3, 0.4) is 0 Å². The second-order valence-electron chi connectivity index (χ2n) is 8.55. The fraction of sp³-hybridized carbons (Fsp3) is 0.280. The Hall–Kier alpha value is -5.52. The molecule has 0 fully saturated rings. The summed E-state index contributed by atoms with van der Waals surface area (Å²) in [5.41, 5.74) is 7.02. The number of halogens is 8. The van der Waals surface area contributed by atoms with Crippen LogP contribution in [0.1, 0.15) is 16.8 Å². The minimum Gasteiger partial charge on any atom is -0.475 e. The number of carbonyl (C=O) groups is 2. The van der Waals surface area contributed by atoms with Crippen molar-refractivity contribution in [1.29, 1.82) is 0 Å². The van der Waals surface area contributed by atoms with Crippen LogP contribution in [0.5, 0.6) is 5.88 Å². The fourth-order valence-electron chi connectivity index (χ4n) is 3.09. The van der Waals surface area contributed by atoms with E-state index in [1.54, 1.807) is 19.1 Å². The SMILES string of the molecule is Cc1cc(C#Cc2ccc3c(n2)OCCN3)cnc1-n1cnn(CC(CN)=C(F)F)c1=O.O=C(O)C(F)(F)F.O=C(O)C(F)(F)F. The summed E-state index contributed by atoms with van der Waals surface area (Å²) in [7, 11) is 0. The first kappa shape index (κ1) is 36.7. The van der Waals surface area contributed by atoms with Crippen LogP contribution in [-0.4, -0.2) is 78.5 Å². The van der Waals surface area contributed by atoms with Crippen molar-refractivity contribution in [2.24, 2.45) is 5.73 Å². The van der Waals surface area contributed by atoms with Gasteiger partial charge in [0, 0.05) is 30.4 Å². The molecule has 4 heterocycles. The normalized spacial score (nSPS) is 11.9. The number of hydrogen-bond donors (Lipinski definition) is 4. The zero-order valence-corrected chi connectivity index (χ0v) is 23.1. The average molecular weight is 667 g/mol. The highest BCUT2D eigenvalue weighted by Crippen LogP contribution is 2.24. The third-order valence-electron chi connectivity index (χ3n) is 5.20. The number of anilines is 1. The van der Waals surface area contributed by atoms with Crippen LogP contribution in [-0.2, 0) is 16.1 Å². The van der Waals surface area contributed by atoms with E-state index in [-0.39, 0.29) is 18.7 Å². The maximum absolute atomic E-state index is 12.8. The number of nitrogens with one attached hydrogen (secondary N) is 1. The number of aliphatic carboxylic acids is 2. The second kappa shape index (κ2) is 15.5. The van der Waals surface area contributed by atoms with Crippen LogP contribution in [0.25, 0.3) is 5.82 Å². The lowest BCUT2D eigenvalue weighted by molar-refractivity contribution is -0.193. The topological polar surface area (TPSA) is 187 Å². The molecule has 0 saturated carbocycles. The van der Waals surface area contributed by atoms with Crippen LogP contribution in [0.2, 0.25) is 0 Å². The van der Waals surface area contributed by atoms with Crippen molar-refractivity contribution in [3.8, 4) is 23.5 Å². The van der Waals surface area contributed by atoms with Crippen LogP contribution in [0, 0.1) is 18.8 Å². The van der Waals surface area contributed by atoms with Gasteiger partial charge in [-0.3, -0.25) is 0 Å². The maximum Gasteiger partial charge on any atom is 0.490 e. The molecule has 3 aromatic heterocycles. The van der Waals surface area contributed by atoms with E-state index in [1.807, 2.05) is 6.07 Å². The molecule has 4 rings (SSSR count). The lowest BCUT2D eigenvalue weighted by Crippen LogP contribution is -2.27. The molecular weight excluding hydrogens is 646 g/mol. The summed E-state index contributed by atoms with van der Waals surface area (Å²) in [6, 6.07) is 5.42. The fourth-order valence-corrected chi connectivity index (χ4v) is 3.09. The molecule has 0 radical (unpaired) electrons. The van der Waals surface area contributed by atoms with Gasteiger partial charge < -0.3 is 26.0 Å². The first-order valence-corrected chi connectivity index (χ1v) is 12.2. The Morgan fingerprint density at radius 1 is 1.09 bits per heavy atom. The first-order valence-electron chi connectivity index (χ1n) is 12.2. The van der Waals surface area contributed by atoms with Gasteiger partial charge in [0.2, 0.25) is 5.88 Å². The van der Waals surface area contributed by atoms with Crippen molar-refractivity contribution >= 4 is 17.6 Å². The number of hydrogen-bond acceptors (Lipinski definition) is 9. The first-order chi connectivity index (χ1) is 21.3. The van der Waals surface area contributed by atoms with E-state index in [2.05, 4.69) is 32.2 Å². The molecule has 0 amide bonds. The molecule has 3 aromatic rings. The van der Waals surface area contributed by atoms with Crippen molar-refractivity contribution in [1.82, 2.24) is 24.3 Å². The summed E-state index contributed by atoms with van der Waals surface area (Å²) >= 11 is 0. The molecule has 0 aromatic carbocycles. The van der Waals surface area contributed by atoms with Crippen molar-refractivity contribution in [2.45, 2.75) is 25.8 Å². The number of aromatic nitrogens is 5. The molecule has 0 aliphatic carbocycles. The number of alkyl halides is 6. The zero-order valence-electron chi connectivity index (χ0n) is 23.1. The largest absolute Gasteiger partial charge is 0.490 e. The van der Waals surface area contributed by atoms with Crippen molar-refractivity contribution in [2.75, 3.05) is 25.0 Å². The van der Waals surface area contributed by atoms with Gasteiger partial charge in [-0.25, -0.2) is 33.6 Å². The molecular formula is C25H21F8N7O6. The molecule has 0 unspecified atom stereocenters. The van der Waals surface area contributed by atoms with E-state index >= 15 is 0 Å². The minimum absolute atomic E-state index is 0.331. The number of nitrogens with two attached hydrogens (primary N) is 1. The van der Waals surface area contributed by atoms with Gasteiger partial charge in [0.25, 0.3) is 6.08 Å². The summed E-state index contributed by atoms with van der Waals surface area (Å²) in [5.74, 6) is 1.30. The van der Waals surface area contributed by atoms with Gasteiger partial charge in [0.15, 0.2) is 0 Å². The summed E-state index contributed by atoms with van der Waals surface area (Å²) in [5, 5.41) is 21.3. The van der Waals surface area contributed by atoms with Gasteiger partial charge in [-0.1, -0.05) is 5.92 Å². The molecule has 248 valence electrons. The highest BCUT2D eigenvalue weighted by Gasteiger charge is 2.38. The predicted molar refractivity (Wildman–Crippen MR) is 140 cm³/mol. The van der Waals surface area contributed by atoms with E-state index < -0.39 is 36.1 Å². The highest BCUT2D eigenvalue weighted by molar-refractivity contribution is 5.73. The van der Waals surface area contributed by atoms with Crippen LogP contribution in [0.4, 0.5) is 40.8 Å². The number of aryl methyl sites for hydroxylation is 1. The van der Waals surface area contributed by atoms with Crippen molar-refractivity contribution < 1.29 is 59.7 Å². The van der Waals surface area contributed by atoms with Gasteiger partial charge in [0.05, 0.1) is 12.2 Å². The van der Waals surface area contributed by atoms with E-state index in [1.165, 1.54) is 17.1 Å². The van der Waals surface area contributed by atoms with Crippen LogP contribution in [0.15, 0.2) is 47.2 Å². The van der Waals surface area contributed by atoms with Crippen molar-refractivity contribution in [3.05, 3.63) is 69.7 Å². The predicted octanol–water partition coefficient (Wildman–Crippen LogP) is 2.71. The Kier molecular flexibility index (Phi) is 12.3. The van der Waals surface area contributed by atoms with E-state index in [4.69, 9.17) is 30.3 Å². The van der Waals surface area contributed by atoms with Crippen LogP contribution < -0.4 is 21.5 Å². The Labute approximate surface area is 251 Å². The number of fused-ring (bicyclic) bond motifs is 1. The average Bonchev–Trinajstić information content (AvgIpc) is 3.33. The van der Waals surface area contributed by atoms with Crippen molar-refractivity contribution in [3.63, 3.8) is 0 Å². The van der Waals surface area contributed by atoms with E-state index in [9.17, 15) is 39.9 Å². The molecule has 5 N–H and O–H groups in total. The quantitative estimate of drug-likeness (QED) is 0.237. The highest BCUT2D eigenvalue weighted by atomic mass is 19.4. The summed E-state index contributed by atoms with van der Waals surface area (Å²) in [4.78, 5) is 39.0. The van der Waals surface area contributed by atoms with Gasteiger partial charge in [-0.15, -0.1) is 0 Å². The number of pyridine rings is 2. The molecule has 0 atom stereocenters. The summed E-state index contributed by atoms with van der Waals surface area (Å²) in [6.07, 6.45) is -9.33. The Bertz CT molecular complexity index is 1690. The number of nitrogens with zero attached hydrogens (tertiary/aromatic N) is 5. The smallest absolute Gasteiger partial charge is 0.475 e. The number of rotatable bonds is 4. The molecule has 0 spiro atoms. The minimum atomic E-state index is -5.08. The molecule has 0 bridgehead atoms. The third-order valence-corrected chi connectivity index (χ3v) is 5.20. The molecule has 0 saturated heterocycles. The molecule has 1 aliphatic rings. The lowest BCUT2D eigenvalue weighted by Gasteiger charge is -2.17. The Balaban J connectivity index is 0.000000440. The lowest BCUT2D eigenvalue weighted by atomic mass is 10.2. The molecule has 13 nitrogen and oxygen atoms in total. The Morgan fingerprint density at radius 2 is 1.70 bits per heavy atom. The third kappa shape index (κ3) is 10.6. The monoisotopic (exact) mass is 667 g/mol. The maximum atomic E-state index is 12.8. The van der Waals surface area contributed by atoms with E-state index in [0.717, 1.165) is 16.9 Å². The number of carboxylic acids is 2. The van der Waals surface area contributed by atoms with Gasteiger partial charge >= 0.3 is 30.0 Å². The number of carboxylic acid groups (broad SMARTS) is 2. The molecule has 1 aliphatic heterocycles. The van der Waals surface area contributed by atoms with Gasteiger partial charge in [-0.05, 0) is 36.6 Å². The van der Waals surface area contributed by atoms with E-state index in [0.29, 0.717) is 35.1 Å².